The van der Waals surface area contributed by atoms with Crippen LogP contribution in [0.15, 0.2) is 18.2 Å². The lowest BCUT2D eigenvalue weighted by Crippen LogP contribution is -2.42. The Balaban J connectivity index is 2.02. The average Bonchev–Trinajstić information content (AvgIpc) is 2.24. The highest BCUT2D eigenvalue weighted by molar-refractivity contribution is 5.93. The van der Waals surface area contributed by atoms with Crippen LogP contribution >= 0.6 is 0 Å². The van der Waals surface area contributed by atoms with Gasteiger partial charge in [-0.3, -0.25) is 10.1 Å². The van der Waals surface area contributed by atoms with E-state index in [9.17, 15) is 9.59 Å². The summed E-state index contributed by atoms with van der Waals surface area (Å²) in [6.07, 6.45) is 0.445. The predicted molar refractivity (Wildman–Crippen MR) is 74.6 cm³/mol. The van der Waals surface area contributed by atoms with Crippen LogP contribution in [0.1, 0.15) is 37.7 Å². The first kappa shape index (κ1) is 14.3. The molecule has 0 aromatic carbocycles. The van der Waals surface area contributed by atoms with Crippen molar-refractivity contribution in [3.8, 4) is 0 Å². The van der Waals surface area contributed by atoms with Crippen molar-refractivity contribution in [1.82, 2.24) is 9.88 Å². The van der Waals surface area contributed by atoms with E-state index in [2.05, 4.69) is 10.3 Å². The van der Waals surface area contributed by atoms with E-state index in [1.54, 1.807) is 43.9 Å². The van der Waals surface area contributed by atoms with Crippen LogP contribution in [0.3, 0.4) is 0 Å². The molecule has 0 spiro atoms. The summed E-state index contributed by atoms with van der Waals surface area (Å²) in [6, 6.07) is 4.95. The van der Waals surface area contributed by atoms with Crippen molar-refractivity contribution >= 4 is 17.8 Å². The summed E-state index contributed by atoms with van der Waals surface area (Å²) in [5, 5.41) is 2.53. The summed E-state index contributed by atoms with van der Waals surface area (Å²) in [5.41, 5.74) is -0.243. The zero-order chi connectivity index (χ0) is 14.8. The summed E-state index contributed by atoms with van der Waals surface area (Å²) in [6.45, 7) is 6.88. The molecule has 0 radical (unpaired) electrons. The number of likely N-dealkylation sites (tertiary alicyclic amines) is 1. The van der Waals surface area contributed by atoms with Crippen LogP contribution in [-0.4, -0.2) is 40.6 Å². The first-order valence-electron chi connectivity index (χ1n) is 6.61. The molecule has 1 N–H and O–H groups in total. The van der Waals surface area contributed by atoms with Gasteiger partial charge >= 0.3 is 6.09 Å². The third-order valence-corrected chi connectivity index (χ3v) is 2.74. The maximum Gasteiger partial charge on any atom is 0.413 e. The summed E-state index contributed by atoms with van der Waals surface area (Å²) < 4.78 is 5.14. The molecule has 0 aliphatic carbocycles. The van der Waals surface area contributed by atoms with E-state index in [4.69, 9.17) is 4.74 Å². The van der Waals surface area contributed by atoms with Crippen LogP contribution in [0, 0.1) is 0 Å². The largest absolute Gasteiger partial charge is 0.444 e. The molecule has 6 heteroatoms. The van der Waals surface area contributed by atoms with Crippen LogP contribution in [-0.2, 0) is 4.74 Å². The average molecular weight is 277 g/mol. The number of pyridine rings is 1. The van der Waals surface area contributed by atoms with Crippen molar-refractivity contribution in [3.63, 3.8) is 0 Å². The molecule has 6 nitrogen and oxygen atoms in total. The maximum absolute atomic E-state index is 12.0. The minimum absolute atomic E-state index is 0.107. The topological polar surface area (TPSA) is 71.5 Å². The Bertz CT molecular complexity index is 519. The highest BCUT2D eigenvalue weighted by atomic mass is 16.6. The lowest BCUT2D eigenvalue weighted by molar-refractivity contribution is 0.0625. The Morgan fingerprint density at radius 1 is 1.30 bits per heavy atom. The molecular weight excluding hydrogens is 258 g/mol. The number of rotatable bonds is 2. The standard InChI is InChI=1S/C14H19N3O3/c1-14(2,3)20-13(19)16-11-7-4-6-10(15-11)12(18)17-8-5-9-17/h4,6-7H,5,8-9H2,1-3H3,(H,15,16,19). The SMILES string of the molecule is CC(C)(C)OC(=O)Nc1cccc(C(=O)N2CCC2)n1. The van der Waals surface area contributed by atoms with Crippen LogP contribution in [0.5, 0.6) is 0 Å². The van der Waals surface area contributed by atoms with Crippen LogP contribution in [0.25, 0.3) is 0 Å². The van der Waals surface area contributed by atoms with Crippen LogP contribution < -0.4 is 5.32 Å². The zero-order valence-electron chi connectivity index (χ0n) is 12.0. The Labute approximate surface area is 118 Å². The van der Waals surface area contributed by atoms with Gasteiger partial charge in [-0.15, -0.1) is 0 Å². The molecular formula is C14H19N3O3. The minimum atomic E-state index is -0.585. The maximum atomic E-state index is 12.0. The second-order valence-corrected chi connectivity index (χ2v) is 5.68. The number of carbonyl (C=O) groups excluding carboxylic acids is 2. The molecule has 0 atom stereocenters. The molecule has 108 valence electrons. The Morgan fingerprint density at radius 2 is 2.00 bits per heavy atom. The fourth-order valence-electron chi connectivity index (χ4n) is 1.71. The molecule has 0 saturated carbocycles. The van der Waals surface area contributed by atoms with Gasteiger partial charge in [0.15, 0.2) is 0 Å². The van der Waals surface area contributed by atoms with E-state index in [-0.39, 0.29) is 5.91 Å². The number of ether oxygens (including phenoxy) is 1. The van der Waals surface area contributed by atoms with Gasteiger partial charge < -0.3 is 9.64 Å². The molecule has 0 bridgehead atoms. The van der Waals surface area contributed by atoms with Crippen LogP contribution in [0.2, 0.25) is 0 Å². The number of nitrogens with one attached hydrogen (secondary N) is 1. The van der Waals surface area contributed by atoms with E-state index in [0.29, 0.717) is 11.5 Å². The number of anilines is 1. The van der Waals surface area contributed by atoms with Gasteiger partial charge in [0.2, 0.25) is 0 Å². The van der Waals surface area contributed by atoms with E-state index in [1.807, 2.05) is 0 Å². The highest BCUT2D eigenvalue weighted by Gasteiger charge is 2.23. The number of nitrogens with zero attached hydrogens (tertiary/aromatic N) is 2. The van der Waals surface area contributed by atoms with Crippen LogP contribution in [0.4, 0.5) is 10.6 Å². The summed E-state index contributed by atoms with van der Waals surface area (Å²) in [7, 11) is 0. The molecule has 1 aromatic rings. The van der Waals surface area contributed by atoms with Gasteiger partial charge in [0.1, 0.15) is 17.1 Å². The number of hydrogen-bond acceptors (Lipinski definition) is 4. The molecule has 1 aliphatic heterocycles. The molecule has 1 aromatic heterocycles. The molecule has 2 amide bonds. The van der Waals surface area contributed by atoms with Gasteiger partial charge in [-0.1, -0.05) is 6.07 Å². The van der Waals surface area contributed by atoms with E-state index >= 15 is 0 Å². The van der Waals surface area contributed by atoms with Crippen molar-refractivity contribution in [3.05, 3.63) is 23.9 Å². The zero-order valence-corrected chi connectivity index (χ0v) is 12.0. The number of hydrogen-bond donors (Lipinski definition) is 1. The third kappa shape index (κ3) is 3.69. The van der Waals surface area contributed by atoms with Gasteiger partial charge in [0.05, 0.1) is 0 Å². The molecule has 2 heterocycles. The molecule has 2 rings (SSSR count). The molecule has 1 aliphatic rings. The molecule has 1 saturated heterocycles. The van der Waals surface area contributed by atoms with Crippen molar-refractivity contribution < 1.29 is 14.3 Å². The lowest BCUT2D eigenvalue weighted by atomic mass is 10.2. The smallest absolute Gasteiger partial charge is 0.413 e. The van der Waals surface area contributed by atoms with E-state index in [1.165, 1.54) is 0 Å². The predicted octanol–water partition coefficient (Wildman–Crippen LogP) is 2.27. The van der Waals surface area contributed by atoms with Crippen molar-refractivity contribution in [2.45, 2.75) is 32.8 Å². The van der Waals surface area contributed by atoms with E-state index < -0.39 is 11.7 Å². The Kier molecular flexibility index (Phi) is 3.92. The van der Waals surface area contributed by atoms with E-state index in [0.717, 1.165) is 19.5 Å². The number of aromatic nitrogens is 1. The minimum Gasteiger partial charge on any atom is -0.444 e. The molecule has 0 unspecified atom stereocenters. The van der Waals surface area contributed by atoms with Gasteiger partial charge in [-0.05, 0) is 39.3 Å². The number of amides is 2. The summed E-state index contributed by atoms with van der Waals surface area (Å²) >= 11 is 0. The Hall–Kier alpha value is -2.11. The second kappa shape index (κ2) is 5.48. The molecule has 20 heavy (non-hydrogen) atoms. The van der Waals surface area contributed by atoms with Gasteiger partial charge in [-0.2, -0.15) is 0 Å². The monoisotopic (exact) mass is 277 g/mol. The fraction of sp³-hybridized carbons (Fsp3) is 0.500. The summed E-state index contributed by atoms with van der Waals surface area (Å²) in [5.74, 6) is 0.203. The van der Waals surface area contributed by atoms with Crippen molar-refractivity contribution in [1.29, 1.82) is 0 Å². The number of carbonyl (C=O) groups is 2. The van der Waals surface area contributed by atoms with Gasteiger partial charge in [-0.25, -0.2) is 9.78 Å². The lowest BCUT2D eigenvalue weighted by Gasteiger charge is -2.30. The second-order valence-electron chi connectivity index (χ2n) is 5.68. The van der Waals surface area contributed by atoms with Crippen molar-refractivity contribution in [2.24, 2.45) is 0 Å². The van der Waals surface area contributed by atoms with Gasteiger partial charge in [0.25, 0.3) is 5.91 Å². The Morgan fingerprint density at radius 3 is 2.55 bits per heavy atom. The molecule has 1 fully saturated rings. The summed E-state index contributed by atoms with van der Waals surface area (Å²) in [4.78, 5) is 29.5. The quantitative estimate of drug-likeness (QED) is 0.900. The fourth-order valence-corrected chi connectivity index (χ4v) is 1.71. The highest BCUT2D eigenvalue weighted by Crippen LogP contribution is 2.14. The van der Waals surface area contributed by atoms with Gasteiger partial charge in [0, 0.05) is 13.1 Å². The first-order valence-corrected chi connectivity index (χ1v) is 6.61. The third-order valence-electron chi connectivity index (χ3n) is 2.74. The first-order chi connectivity index (χ1) is 9.35. The normalized spacial score (nSPS) is 14.4. The van der Waals surface area contributed by atoms with Crippen molar-refractivity contribution in [2.75, 3.05) is 18.4 Å².